The van der Waals surface area contributed by atoms with Gasteiger partial charge in [-0.15, -0.1) is 0 Å². The zero-order chi connectivity index (χ0) is 25.1. The Balaban J connectivity index is 2.16. The van der Waals surface area contributed by atoms with Crippen LogP contribution >= 0.6 is 90.4 Å². The molecule has 0 atom stereocenters. The Morgan fingerprint density at radius 3 is 1.76 bits per heavy atom. The van der Waals surface area contributed by atoms with Crippen molar-refractivity contribution in [2.45, 2.75) is 53.0 Å². The third-order valence-corrected chi connectivity index (χ3v) is 13.0. The Hall–Kier alpha value is 0.647. The molecule has 0 spiro atoms. The second kappa shape index (κ2) is 12.7. The first-order valence-electron chi connectivity index (χ1n) is 10.8. The van der Waals surface area contributed by atoms with Gasteiger partial charge >= 0.3 is 0 Å². The third kappa shape index (κ3) is 7.34. The lowest BCUT2D eigenvalue weighted by atomic mass is 9.76. The van der Waals surface area contributed by atoms with E-state index in [2.05, 4.69) is 132 Å². The molecule has 2 rings (SSSR count). The highest BCUT2D eigenvalue weighted by Crippen LogP contribution is 2.49. The molecule has 0 unspecified atom stereocenters. The Kier molecular flexibility index (Phi) is 11.5. The van der Waals surface area contributed by atoms with Crippen molar-refractivity contribution in [3.63, 3.8) is 0 Å². The number of ether oxygens (including phenoxy) is 1. The van der Waals surface area contributed by atoms with Crippen LogP contribution in [0.5, 0.6) is 17.2 Å². The molecule has 0 radical (unpaired) electrons. The monoisotopic (exact) mass is 918 g/mol. The van der Waals surface area contributed by atoms with Gasteiger partial charge in [0.15, 0.2) is 5.75 Å². The lowest BCUT2D eigenvalue weighted by Crippen LogP contribution is -2.39. The van der Waals surface area contributed by atoms with Crippen LogP contribution in [-0.4, -0.2) is 20.8 Å². The van der Waals surface area contributed by atoms with E-state index in [9.17, 15) is 9.90 Å². The normalized spacial score (nSPS) is 12.4. The molecule has 2 aromatic rings. The van der Waals surface area contributed by atoms with E-state index >= 15 is 0 Å². The van der Waals surface area contributed by atoms with Crippen LogP contribution < -0.4 is 4.74 Å². The van der Waals surface area contributed by atoms with E-state index < -0.39 is 9.76 Å². The average molecular weight is 918 g/mol. The van der Waals surface area contributed by atoms with Crippen molar-refractivity contribution >= 4 is 106 Å². The van der Waals surface area contributed by atoms with Crippen LogP contribution in [0.1, 0.15) is 47.1 Å². The Morgan fingerprint density at radius 2 is 1.33 bits per heavy atom. The summed E-state index contributed by atoms with van der Waals surface area (Å²) in [5.41, 5.74) is 0.925. The number of hydrogen-bond acceptors (Lipinski definition) is 4. The lowest BCUT2D eigenvalue weighted by molar-refractivity contribution is -0.134. The van der Waals surface area contributed by atoms with Crippen molar-refractivity contribution < 1.29 is 19.1 Å². The summed E-state index contributed by atoms with van der Waals surface area (Å²) in [5, 5.41) is 10.1. The second-order valence-corrected chi connectivity index (χ2v) is 15.6. The Labute approximate surface area is 254 Å². The Bertz CT molecular complexity index is 940. The number of phenolic OH excluding ortho intramolecular Hbond substituents is 1. The van der Waals surface area contributed by atoms with Crippen molar-refractivity contribution in [1.29, 1.82) is 0 Å². The predicted molar refractivity (Wildman–Crippen MR) is 171 cm³/mol. The van der Waals surface area contributed by atoms with Gasteiger partial charge in [-0.1, -0.05) is 41.5 Å². The SMILES string of the molecule is CC(C)C([SiH2]OC(=O)Cc1cc(I)c(Oc2cc(I)c(O)c(I)c2)c(I)c1)(C(C)C)C(C)C. The van der Waals surface area contributed by atoms with Crippen LogP contribution in [-0.2, 0) is 15.6 Å². The number of halogens is 4. The van der Waals surface area contributed by atoms with E-state index in [1.54, 1.807) is 0 Å². The van der Waals surface area contributed by atoms with Crippen molar-refractivity contribution in [3.05, 3.63) is 44.1 Å². The van der Waals surface area contributed by atoms with E-state index in [4.69, 9.17) is 9.16 Å². The fraction of sp³-hybridized carbons (Fsp3) is 0.458. The molecule has 0 saturated carbocycles. The van der Waals surface area contributed by atoms with E-state index in [0.29, 0.717) is 23.5 Å². The largest absolute Gasteiger partial charge is 0.524 e. The van der Waals surface area contributed by atoms with Crippen molar-refractivity contribution in [2.75, 3.05) is 0 Å². The summed E-state index contributed by atoms with van der Waals surface area (Å²) in [7, 11) is -1.06. The number of phenols is 1. The van der Waals surface area contributed by atoms with Gasteiger partial charge in [-0.3, -0.25) is 4.79 Å². The van der Waals surface area contributed by atoms with Crippen LogP contribution in [0.2, 0.25) is 5.04 Å². The van der Waals surface area contributed by atoms with Gasteiger partial charge in [-0.2, -0.15) is 0 Å². The predicted octanol–water partition coefficient (Wildman–Crippen LogP) is 7.90. The Morgan fingerprint density at radius 1 is 0.879 bits per heavy atom. The molecule has 0 aliphatic carbocycles. The van der Waals surface area contributed by atoms with Crippen LogP contribution in [0.4, 0.5) is 0 Å². The molecule has 0 saturated heterocycles. The molecule has 0 fully saturated rings. The van der Waals surface area contributed by atoms with Crippen molar-refractivity contribution in [3.8, 4) is 17.2 Å². The van der Waals surface area contributed by atoms with E-state index in [0.717, 1.165) is 25.6 Å². The molecule has 33 heavy (non-hydrogen) atoms. The summed E-state index contributed by atoms with van der Waals surface area (Å²) in [6, 6.07) is 7.59. The quantitative estimate of drug-likeness (QED) is 0.206. The van der Waals surface area contributed by atoms with Crippen molar-refractivity contribution in [1.82, 2.24) is 0 Å². The minimum Gasteiger partial charge on any atom is -0.524 e. The minimum atomic E-state index is -1.06. The van der Waals surface area contributed by atoms with Gasteiger partial charge < -0.3 is 14.3 Å². The first kappa shape index (κ1) is 29.9. The van der Waals surface area contributed by atoms with Crippen LogP contribution in [0.25, 0.3) is 0 Å². The number of carbonyl (C=O) groups is 1. The summed E-state index contributed by atoms with van der Waals surface area (Å²) >= 11 is 8.67. The molecular formula is C24H30I4O4Si. The van der Waals surface area contributed by atoms with E-state index in [1.807, 2.05) is 24.3 Å². The zero-order valence-corrected chi connectivity index (χ0v) is 29.7. The summed E-state index contributed by atoms with van der Waals surface area (Å²) in [5.74, 6) is 2.96. The standard InChI is InChI=1S/C24H30I4O4Si/c1-12(2)24(13(3)4,14(5)6)33-32-21(29)9-15-7-19(27)23(20(28)8-15)31-16-10-17(25)22(30)18(26)11-16/h7-8,10-14,30H,9,33H2,1-6H3. The first-order valence-corrected chi connectivity index (χ1v) is 16.4. The highest BCUT2D eigenvalue weighted by molar-refractivity contribution is 14.1. The highest BCUT2D eigenvalue weighted by atomic mass is 127. The number of carbonyl (C=O) groups excluding carboxylic acids is 1. The second-order valence-electron chi connectivity index (χ2n) is 9.14. The van der Waals surface area contributed by atoms with E-state index in [1.165, 1.54) is 0 Å². The molecule has 4 nitrogen and oxygen atoms in total. The van der Waals surface area contributed by atoms with Gasteiger partial charge in [0.1, 0.15) is 11.5 Å². The van der Waals surface area contributed by atoms with Gasteiger partial charge in [0.2, 0.25) is 9.76 Å². The number of rotatable bonds is 9. The average Bonchev–Trinajstić information content (AvgIpc) is 2.68. The maximum atomic E-state index is 12.8. The van der Waals surface area contributed by atoms with Gasteiger partial charge in [0, 0.05) is 5.04 Å². The molecule has 2 aromatic carbocycles. The molecule has 182 valence electrons. The topological polar surface area (TPSA) is 55.8 Å². The molecule has 0 bridgehead atoms. The van der Waals surface area contributed by atoms with Crippen LogP contribution in [0, 0.1) is 32.0 Å². The molecule has 0 aliphatic rings. The molecule has 0 aromatic heterocycles. The number of benzene rings is 2. The molecule has 1 N–H and O–H groups in total. The summed E-state index contributed by atoms with van der Waals surface area (Å²) in [4.78, 5) is 12.8. The van der Waals surface area contributed by atoms with Crippen LogP contribution in [0.3, 0.4) is 0 Å². The van der Waals surface area contributed by atoms with Gasteiger partial charge in [0.05, 0.1) is 20.7 Å². The maximum Gasteiger partial charge on any atom is 0.296 e. The fourth-order valence-electron chi connectivity index (χ4n) is 4.45. The molecule has 0 aliphatic heterocycles. The third-order valence-electron chi connectivity index (χ3n) is 6.32. The van der Waals surface area contributed by atoms with Crippen molar-refractivity contribution in [2.24, 2.45) is 17.8 Å². The molecule has 0 amide bonds. The summed E-state index contributed by atoms with van der Waals surface area (Å²) in [6.45, 7) is 13.5. The lowest BCUT2D eigenvalue weighted by Gasteiger charge is -2.44. The molecular weight excluding hydrogens is 888 g/mol. The molecule has 0 heterocycles. The zero-order valence-electron chi connectivity index (χ0n) is 19.6. The first-order chi connectivity index (χ1) is 15.3. The van der Waals surface area contributed by atoms with E-state index in [-0.39, 0.29) is 23.2 Å². The fourth-order valence-corrected chi connectivity index (χ4v) is 9.80. The number of aromatic hydroxyl groups is 1. The van der Waals surface area contributed by atoms with Crippen LogP contribution in [0.15, 0.2) is 24.3 Å². The smallest absolute Gasteiger partial charge is 0.296 e. The minimum absolute atomic E-state index is 0.0926. The van der Waals surface area contributed by atoms with Gasteiger partial charge in [-0.05, 0) is 138 Å². The summed E-state index contributed by atoms with van der Waals surface area (Å²) < 4.78 is 15.5. The summed E-state index contributed by atoms with van der Waals surface area (Å²) in [6.07, 6.45) is 0.263. The number of hydrogen-bond donors (Lipinski definition) is 1. The highest BCUT2D eigenvalue weighted by Gasteiger charge is 2.42. The van der Waals surface area contributed by atoms with Gasteiger partial charge in [0.25, 0.3) is 5.97 Å². The van der Waals surface area contributed by atoms with Gasteiger partial charge in [-0.25, -0.2) is 0 Å². The molecule has 9 heteroatoms. The maximum absolute atomic E-state index is 12.8.